The number of fused-ring (bicyclic) bond motifs is 1. The minimum atomic E-state index is -0.454. The zero-order valence-electron chi connectivity index (χ0n) is 13.0. The Labute approximate surface area is 133 Å². The highest BCUT2D eigenvalue weighted by molar-refractivity contribution is 5.96. The Morgan fingerprint density at radius 3 is 2.70 bits per heavy atom. The molecule has 2 heterocycles. The Hall–Kier alpha value is -2.21. The average Bonchev–Trinajstić information content (AvgIpc) is 2.58. The number of pyridine rings is 1. The molecule has 3 rings (SSSR count). The van der Waals surface area contributed by atoms with Crippen LogP contribution in [0, 0.1) is 5.82 Å². The molecule has 0 bridgehead atoms. The van der Waals surface area contributed by atoms with Crippen LogP contribution >= 0.6 is 0 Å². The van der Waals surface area contributed by atoms with Crippen molar-refractivity contribution in [1.82, 2.24) is 9.47 Å². The van der Waals surface area contributed by atoms with Crippen molar-refractivity contribution in [2.75, 3.05) is 26.3 Å². The second-order valence-electron chi connectivity index (χ2n) is 5.62. The first-order chi connectivity index (χ1) is 11.1. The van der Waals surface area contributed by atoms with Gasteiger partial charge in [-0.1, -0.05) is 13.0 Å². The number of nitrogens with zero attached hydrogens (tertiary/aromatic N) is 2. The lowest BCUT2D eigenvalue weighted by Crippen LogP contribution is -2.42. The van der Waals surface area contributed by atoms with Gasteiger partial charge in [-0.15, -0.1) is 0 Å². The topological polar surface area (TPSA) is 51.5 Å². The third-order valence-electron chi connectivity index (χ3n) is 4.04. The Morgan fingerprint density at radius 2 is 2.00 bits per heavy atom. The summed E-state index contributed by atoms with van der Waals surface area (Å²) in [6, 6.07) is 5.75. The summed E-state index contributed by atoms with van der Waals surface area (Å²) in [5.74, 6) is -0.630. The zero-order valence-corrected chi connectivity index (χ0v) is 13.0. The van der Waals surface area contributed by atoms with Gasteiger partial charge in [0.1, 0.15) is 11.5 Å². The second kappa shape index (κ2) is 6.50. The van der Waals surface area contributed by atoms with E-state index in [9.17, 15) is 14.0 Å². The Morgan fingerprint density at radius 1 is 1.26 bits per heavy atom. The summed E-state index contributed by atoms with van der Waals surface area (Å²) in [6.07, 6.45) is 0.712. The van der Waals surface area contributed by atoms with E-state index >= 15 is 0 Å². The smallest absolute Gasteiger partial charge is 0.270 e. The maximum absolute atomic E-state index is 13.4. The SMILES string of the molecule is CCCn1c(C(=O)N2CCOCC2)cc2ccc(F)cc2c1=O. The Kier molecular flexibility index (Phi) is 4.43. The minimum absolute atomic E-state index is 0.176. The molecule has 1 amide bonds. The third kappa shape index (κ3) is 2.99. The molecular formula is C17H19FN2O3. The molecule has 0 N–H and O–H groups in total. The molecule has 23 heavy (non-hydrogen) atoms. The molecule has 0 saturated carbocycles. The van der Waals surface area contributed by atoms with Gasteiger partial charge >= 0.3 is 0 Å². The van der Waals surface area contributed by atoms with Crippen LogP contribution in [0.3, 0.4) is 0 Å². The summed E-state index contributed by atoms with van der Waals surface area (Å²) in [6.45, 7) is 4.40. The Bertz CT molecular complexity index is 794. The third-order valence-corrected chi connectivity index (χ3v) is 4.04. The number of halogens is 1. The highest BCUT2D eigenvalue weighted by atomic mass is 19.1. The molecule has 1 saturated heterocycles. The number of hydrogen-bond acceptors (Lipinski definition) is 3. The van der Waals surface area contributed by atoms with Crippen LogP contribution in [0.25, 0.3) is 10.8 Å². The van der Waals surface area contributed by atoms with Crippen molar-refractivity contribution in [3.63, 3.8) is 0 Å². The lowest BCUT2D eigenvalue weighted by atomic mass is 10.1. The van der Waals surface area contributed by atoms with E-state index in [1.165, 1.54) is 16.7 Å². The molecule has 2 aromatic rings. The van der Waals surface area contributed by atoms with Crippen molar-refractivity contribution < 1.29 is 13.9 Å². The van der Waals surface area contributed by atoms with Crippen LogP contribution in [-0.2, 0) is 11.3 Å². The fourth-order valence-corrected chi connectivity index (χ4v) is 2.87. The number of carbonyl (C=O) groups is 1. The molecule has 0 aliphatic carbocycles. The van der Waals surface area contributed by atoms with Gasteiger partial charge in [-0.2, -0.15) is 0 Å². The van der Waals surface area contributed by atoms with Gasteiger partial charge in [-0.05, 0) is 30.0 Å². The van der Waals surface area contributed by atoms with Crippen molar-refractivity contribution >= 4 is 16.7 Å². The van der Waals surface area contributed by atoms with E-state index < -0.39 is 5.82 Å². The van der Waals surface area contributed by atoms with Crippen LogP contribution < -0.4 is 5.56 Å². The maximum atomic E-state index is 13.4. The molecule has 0 unspecified atom stereocenters. The molecule has 1 aromatic carbocycles. The van der Waals surface area contributed by atoms with Crippen LogP contribution in [0.5, 0.6) is 0 Å². The minimum Gasteiger partial charge on any atom is -0.378 e. The molecule has 0 radical (unpaired) electrons. The number of morpholine rings is 1. The zero-order chi connectivity index (χ0) is 16.4. The van der Waals surface area contributed by atoms with Crippen LogP contribution in [0.15, 0.2) is 29.1 Å². The van der Waals surface area contributed by atoms with E-state index in [1.807, 2.05) is 6.92 Å². The number of rotatable bonds is 3. The van der Waals surface area contributed by atoms with Gasteiger partial charge in [0.2, 0.25) is 0 Å². The van der Waals surface area contributed by atoms with Crippen LogP contribution in [0.1, 0.15) is 23.8 Å². The summed E-state index contributed by atoms with van der Waals surface area (Å²) < 4.78 is 20.2. The quantitative estimate of drug-likeness (QED) is 0.870. The number of hydrogen-bond donors (Lipinski definition) is 0. The summed E-state index contributed by atoms with van der Waals surface area (Å²) in [4.78, 5) is 27.2. The molecule has 5 nitrogen and oxygen atoms in total. The van der Waals surface area contributed by atoms with Crippen molar-refractivity contribution in [3.05, 3.63) is 46.1 Å². The van der Waals surface area contributed by atoms with Gasteiger partial charge in [0, 0.05) is 19.6 Å². The van der Waals surface area contributed by atoms with Crippen LogP contribution in [0.4, 0.5) is 4.39 Å². The monoisotopic (exact) mass is 318 g/mol. The second-order valence-corrected chi connectivity index (χ2v) is 5.62. The molecule has 1 aliphatic heterocycles. The van der Waals surface area contributed by atoms with E-state index in [4.69, 9.17) is 4.74 Å². The number of aromatic nitrogens is 1. The van der Waals surface area contributed by atoms with Gasteiger partial charge in [0.25, 0.3) is 11.5 Å². The fraction of sp³-hybridized carbons (Fsp3) is 0.412. The van der Waals surface area contributed by atoms with Gasteiger partial charge in [0.05, 0.1) is 18.6 Å². The number of benzene rings is 1. The van der Waals surface area contributed by atoms with Crippen LogP contribution in [0.2, 0.25) is 0 Å². The number of carbonyl (C=O) groups excluding carboxylic acids is 1. The number of ether oxygens (including phenoxy) is 1. The molecule has 122 valence electrons. The average molecular weight is 318 g/mol. The largest absolute Gasteiger partial charge is 0.378 e. The number of amides is 1. The van der Waals surface area contributed by atoms with Crippen molar-refractivity contribution in [2.24, 2.45) is 0 Å². The molecule has 1 aromatic heterocycles. The summed E-state index contributed by atoms with van der Waals surface area (Å²) >= 11 is 0. The van der Waals surface area contributed by atoms with Crippen LogP contribution in [-0.4, -0.2) is 41.7 Å². The van der Waals surface area contributed by atoms with Crippen molar-refractivity contribution in [2.45, 2.75) is 19.9 Å². The van der Waals surface area contributed by atoms with E-state index in [0.717, 1.165) is 0 Å². The van der Waals surface area contributed by atoms with E-state index in [-0.39, 0.29) is 11.5 Å². The predicted molar refractivity (Wildman–Crippen MR) is 85.2 cm³/mol. The highest BCUT2D eigenvalue weighted by Gasteiger charge is 2.22. The van der Waals surface area contributed by atoms with Crippen molar-refractivity contribution in [1.29, 1.82) is 0 Å². The van der Waals surface area contributed by atoms with Gasteiger partial charge in [0.15, 0.2) is 0 Å². The molecular weight excluding hydrogens is 299 g/mol. The summed E-state index contributed by atoms with van der Waals surface area (Å²) in [7, 11) is 0. The predicted octanol–water partition coefficient (Wildman–Crippen LogP) is 2.02. The molecule has 0 atom stereocenters. The Balaban J connectivity index is 2.14. The maximum Gasteiger partial charge on any atom is 0.270 e. The molecule has 0 spiro atoms. The van der Waals surface area contributed by atoms with Gasteiger partial charge in [-0.3, -0.25) is 9.59 Å². The molecule has 1 fully saturated rings. The molecule has 6 heteroatoms. The van der Waals surface area contributed by atoms with E-state index in [0.29, 0.717) is 55.7 Å². The van der Waals surface area contributed by atoms with Crippen molar-refractivity contribution in [3.8, 4) is 0 Å². The standard InChI is InChI=1S/C17H19FN2O3/c1-2-5-20-15(17(22)19-6-8-23-9-7-19)10-12-3-4-13(18)11-14(12)16(20)21/h3-4,10-11H,2,5-9H2,1H3. The van der Waals surface area contributed by atoms with E-state index in [2.05, 4.69) is 0 Å². The first kappa shape index (κ1) is 15.7. The van der Waals surface area contributed by atoms with Gasteiger partial charge < -0.3 is 14.2 Å². The lowest BCUT2D eigenvalue weighted by Gasteiger charge is -2.28. The molecule has 1 aliphatic rings. The lowest BCUT2D eigenvalue weighted by molar-refractivity contribution is 0.0295. The fourth-order valence-electron chi connectivity index (χ4n) is 2.87. The van der Waals surface area contributed by atoms with Gasteiger partial charge in [-0.25, -0.2) is 4.39 Å². The normalized spacial score (nSPS) is 15.1. The highest BCUT2D eigenvalue weighted by Crippen LogP contribution is 2.16. The first-order valence-electron chi connectivity index (χ1n) is 7.82. The van der Waals surface area contributed by atoms with E-state index in [1.54, 1.807) is 17.0 Å². The first-order valence-corrected chi connectivity index (χ1v) is 7.82. The summed E-state index contributed by atoms with van der Waals surface area (Å²) in [5.41, 5.74) is 0.0401. The summed E-state index contributed by atoms with van der Waals surface area (Å²) in [5, 5.41) is 0.886.